The molecule has 3 aromatic rings. The van der Waals surface area contributed by atoms with Crippen molar-refractivity contribution in [3.63, 3.8) is 0 Å². The predicted octanol–water partition coefficient (Wildman–Crippen LogP) is 2.22. The van der Waals surface area contributed by atoms with Gasteiger partial charge in [0, 0.05) is 26.2 Å². The Kier molecular flexibility index (Phi) is 3.54. The van der Waals surface area contributed by atoms with Crippen LogP contribution >= 0.6 is 11.3 Å². The van der Waals surface area contributed by atoms with Gasteiger partial charge < -0.3 is 9.80 Å². The van der Waals surface area contributed by atoms with Gasteiger partial charge in [0.05, 0.1) is 10.6 Å². The molecule has 0 spiro atoms. The maximum absolute atomic E-state index is 4.91. The van der Waals surface area contributed by atoms with Crippen LogP contribution in [0, 0.1) is 13.8 Å². The number of aryl methyl sites for hydroxylation is 2. The number of nitrogens with zero attached hydrogens (tertiary/aromatic N) is 6. The number of rotatable bonds is 2. The molecule has 4 rings (SSSR count). The summed E-state index contributed by atoms with van der Waals surface area (Å²) in [5.74, 6) is 1.74. The largest absolute Gasteiger partial charge is 0.351 e. The Morgan fingerprint density at radius 3 is 2.57 bits per heavy atom. The van der Waals surface area contributed by atoms with Gasteiger partial charge in [-0.15, -0.1) is 11.3 Å². The summed E-state index contributed by atoms with van der Waals surface area (Å²) in [5, 5.41) is 6.72. The molecule has 3 aromatic heterocycles. The number of piperazine rings is 1. The molecule has 7 heteroatoms. The summed E-state index contributed by atoms with van der Waals surface area (Å²) in [6.07, 6.45) is 0. The van der Waals surface area contributed by atoms with Crippen LogP contribution < -0.4 is 4.90 Å². The third-order valence-electron chi connectivity index (χ3n) is 4.30. The summed E-state index contributed by atoms with van der Waals surface area (Å²) < 4.78 is 1.97. The Hall–Kier alpha value is -1.99. The van der Waals surface area contributed by atoms with Crippen LogP contribution in [-0.2, 0) is 0 Å². The number of hydrogen-bond acceptors (Lipinski definition) is 6. The third kappa shape index (κ3) is 2.49. The molecule has 0 aliphatic carbocycles. The third-order valence-corrected chi connectivity index (χ3v) is 5.18. The van der Waals surface area contributed by atoms with E-state index in [4.69, 9.17) is 4.98 Å². The fourth-order valence-electron chi connectivity index (χ4n) is 3.06. The predicted molar refractivity (Wildman–Crippen MR) is 93.3 cm³/mol. The van der Waals surface area contributed by atoms with Crippen LogP contribution in [0.4, 0.5) is 5.82 Å². The molecule has 0 amide bonds. The van der Waals surface area contributed by atoms with Crippen molar-refractivity contribution in [1.29, 1.82) is 0 Å². The monoisotopic (exact) mass is 328 g/mol. The first-order valence-electron chi connectivity index (χ1n) is 7.85. The molecular weight excluding hydrogens is 308 g/mol. The first kappa shape index (κ1) is 14.6. The zero-order valence-corrected chi connectivity index (χ0v) is 14.5. The molecule has 1 aliphatic rings. The van der Waals surface area contributed by atoms with Crippen molar-refractivity contribution in [2.75, 3.05) is 38.1 Å². The van der Waals surface area contributed by atoms with Crippen molar-refractivity contribution in [3.05, 3.63) is 29.0 Å². The van der Waals surface area contributed by atoms with Crippen LogP contribution in [0.15, 0.2) is 17.5 Å². The van der Waals surface area contributed by atoms with Crippen molar-refractivity contribution in [3.8, 4) is 10.6 Å². The average molecular weight is 328 g/mol. The number of hydrogen-bond donors (Lipinski definition) is 0. The second-order valence-electron chi connectivity index (χ2n) is 6.03. The molecule has 4 heterocycles. The van der Waals surface area contributed by atoms with E-state index in [0.29, 0.717) is 0 Å². The molecule has 0 radical (unpaired) electrons. The molecule has 0 atom stereocenters. The first-order valence-corrected chi connectivity index (χ1v) is 8.73. The van der Waals surface area contributed by atoms with Crippen LogP contribution in [0.25, 0.3) is 16.2 Å². The summed E-state index contributed by atoms with van der Waals surface area (Å²) in [7, 11) is 2.16. The Labute approximate surface area is 139 Å². The summed E-state index contributed by atoms with van der Waals surface area (Å²) in [6.45, 7) is 8.05. The lowest BCUT2D eigenvalue weighted by Crippen LogP contribution is -2.45. The highest BCUT2D eigenvalue weighted by Gasteiger charge is 2.23. The second kappa shape index (κ2) is 5.58. The highest BCUT2D eigenvalue weighted by Crippen LogP contribution is 2.31. The zero-order chi connectivity index (χ0) is 16.0. The molecule has 6 nitrogen and oxygen atoms in total. The molecule has 0 bridgehead atoms. The van der Waals surface area contributed by atoms with Gasteiger partial charge >= 0.3 is 0 Å². The van der Waals surface area contributed by atoms with Gasteiger partial charge in [-0.3, -0.25) is 0 Å². The lowest BCUT2D eigenvalue weighted by molar-refractivity contribution is 0.312. The second-order valence-corrected chi connectivity index (χ2v) is 6.98. The lowest BCUT2D eigenvalue weighted by atomic mass is 10.2. The Morgan fingerprint density at radius 2 is 1.87 bits per heavy atom. The van der Waals surface area contributed by atoms with Crippen LogP contribution in [0.1, 0.15) is 11.5 Å². The van der Waals surface area contributed by atoms with Gasteiger partial charge in [-0.25, -0.2) is 14.5 Å². The van der Waals surface area contributed by atoms with E-state index in [0.717, 1.165) is 54.9 Å². The summed E-state index contributed by atoms with van der Waals surface area (Å²) in [6, 6.07) is 4.17. The van der Waals surface area contributed by atoms with Gasteiger partial charge in [0.25, 0.3) is 0 Å². The molecule has 0 saturated carbocycles. The molecule has 23 heavy (non-hydrogen) atoms. The van der Waals surface area contributed by atoms with E-state index in [1.165, 1.54) is 4.88 Å². The van der Waals surface area contributed by atoms with E-state index < -0.39 is 0 Å². The average Bonchev–Trinajstić information content (AvgIpc) is 3.16. The number of aromatic nitrogens is 4. The smallest absolute Gasteiger partial charge is 0.199 e. The van der Waals surface area contributed by atoms with E-state index in [2.05, 4.69) is 51.4 Å². The molecule has 0 aromatic carbocycles. The van der Waals surface area contributed by atoms with E-state index in [-0.39, 0.29) is 0 Å². The van der Waals surface area contributed by atoms with E-state index in [1.807, 2.05) is 11.4 Å². The summed E-state index contributed by atoms with van der Waals surface area (Å²) >= 11 is 1.71. The molecule has 0 N–H and O–H groups in total. The van der Waals surface area contributed by atoms with Gasteiger partial charge in [0.15, 0.2) is 11.5 Å². The molecule has 120 valence electrons. The van der Waals surface area contributed by atoms with Crippen LogP contribution in [0.5, 0.6) is 0 Å². The summed E-state index contributed by atoms with van der Waals surface area (Å²) in [5.41, 5.74) is 2.91. The van der Waals surface area contributed by atoms with E-state index >= 15 is 0 Å². The topological polar surface area (TPSA) is 49.6 Å². The minimum absolute atomic E-state index is 0.783. The molecule has 0 unspecified atom stereocenters. The van der Waals surface area contributed by atoms with Crippen LogP contribution in [0.3, 0.4) is 0 Å². The summed E-state index contributed by atoms with van der Waals surface area (Å²) in [4.78, 5) is 15.4. The molecule has 1 saturated heterocycles. The minimum Gasteiger partial charge on any atom is -0.351 e. The van der Waals surface area contributed by atoms with E-state index in [9.17, 15) is 0 Å². The maximum Gasteiger partial charge on any atom is 0.199 e. The Bertz CT molecular complexity index is 830. The van der Waals surface area contributed by atoms with Gasteiger partial charge in [-0.05, 0) is 32.3 Å². The number of thiophene rings is 1. The Morgan fingerprint density at radius 1 is 1.09 bits per heavy atom. The van der Waals surface area contributed by atoms with Gasteiger partial charge in [-0.2, -0.15) is 5.10 Å². The fourth-order valence-corrected chi connectivity index (χ4v) is 3.86. The molecule has 1 fully saturated rings. The van der Waals surface area contributed by atoms with Crippen LogP contribution in [-0.4, -0.2) is 57.7 Å². The number of likely N-dealkylation sites (N-methyl/N-ethyl adjacent to an activating group) is 1. The normalized spacial score (nSPS) is 16.4. The number of fused-ring (bicyclic) bond motifs is 1. The van der Waals surface area contributed by atoms with Crippen molar-refractivity contribution < 1.29 is 0 Å². The van der Waals surface area contributed by atoms with Gasteiger partial charge in [0.1, 0.15) is 11.5 Å². The number of anilines is 1. The molecule has 1 aliphatic heterocycles. The van der Waals surface area contributed by atoms with Crippen LogP contribution in [0.2, 0.25) is 0 Å². The highest BCUT2D eigenvalue weighted by molar-refractivity contribution is 7.13. The molecular formula is C16H20N6S. The van der Waals surface area contributed by atoms with Gasteiger partial charge in [-0.1, -0.05) is 6.07 Å². The minimum atomic E-state index is 0.783. The van der Waals surface area contributed by atoms with Crippen molar-refractivity contribution in [2.24, 2.45) is 0 Å². The quantitative estimate of drug-likeness (QED) is 0.722. The SMILES string of the molecule is Cc1nc2c(N3CCN(C)CC3)nc(C)c(-c3cccs3)n2n1. The lowest BCUT2D eigenvalue weighted by Gasteiger charge is -2.33. The van der Waals surface area contributed by atoms with Crippen molar-refractivity contribution >= 4 is 22.8 Å². The fraction of sp³-hybridized carbons (Fsp3) is 0.438. The Balaban J connectivity index is 1.89. The first-order chi connectivity index (χ1) is 11.1. The standard InChI is InChI=1S/C16H20N6S/c1-11-14(13-5-4-10-23-13)22-16(18-12(2)19-22)15(17-11)21-8-6-20(3)7-9-21/h4-5,10H,6-9H2,1-3H3. The maximum atomic E-state index is 4.91. The van der Waals surface area contributed by atoms with Gasteiger partial charge in [0.2, 0.25) is 0 Å². The van der Waals surface area contributed by atoms with Crippen molar-refractivity contribution in [1.82, 2.24) is 24.5 Å². The van der Waals surface area contributed by atoms with Crippen molar-refractivity contribution in [2.45, 2.75) is 13.8 Å². The zero-order valence-electron chi connectivity index (χ0n) is 13.7. The van der Waals surface area contributed by atoms with E-state index in [1.54, 1.807) is 11.3 Å². The highest BCUT2D eigenvalue weighted by atomic mass is 32.1.